The number of nitrogens with zero attached hydrogens (tertiary/aromatic N) is 1. The summed E-state index contributed by atoms with van der Waals surface area (Å²) in [5, 5.41) is 9.54. The van der Waals surface area contributed by atoms with Crippen LogP contribution in [0.4, 0.5) is 22.7 Å². The number of thiophene rings is 2. The lowest BCUT2D eigenvalue weighted by Gasteiger charge is -2.45. The molecule has 2 aliphatic heterocycles. The van der Waals surface area contributed by atoms with Crippen molar-refractivity contribution in [3.63, 3.8) is 0 Å². The SMILES string of the molecule is CCC1CC=CC(c2cc3c4c(c2)N(C(/C=C\C=C\c2ccc5sc6ccccc6c5c2)c2ccc5sc6ccccc6c5c2)c2cc5c(cc2B4c2cc4c(cc2N3)C(C)(C)c2ccccc2-4)-c2ccccc2C5(C)C)C1. The van der Waals surface area contributed by atoms with Crippen molar-refractivity contribution in [1.82, 2.24) is 0 Å². The first-order valence-corrected chi connectivity index (χ1v) is 29.9. The maximum absolute atomic E-state index is 4.24. The van der Waals surface area contributed by atoms with Gasteiger partial charge in [0.05, 0.1) is 6.04 Å². The van der Waals surface area contributed by atoms with Gasteiger partial charge in [0.25, 0.3) is 6.71 Å². The molecule has 5 heteroatoms. The quantitative estimate of drug-likeness (QED) is 0.0972. The minimum absolute atomic E-state index is 0.00453. The van der Waals surface area contributed by atoms with Crippen molar-refractivity contribution in [2.45, 2.75) is 76.7 Å². The van der Waals surface area contributed by atoms with Gasteiger partial charge < -0.3 is 10.2 Å². The van der Waals surface area contributed by atoms with E-state index in [-0.39, 0.29) is 23.6 Å². The maximum atomic E-state index is 4.24. The molecule has 2 nitrogen and oxygen atoms in total. The topological polar surface area (TPSA) is 15.3 Å². The second-order valence-corrected chi connectivity index (χ2v) is 26.1. The van der Waals surface area contributed by atoms with Crippen LogP contribution in [0.15, 0.2) is 200 Å². The molecule has 16 rings (SSSR count). The van der Waals surface area contributed by atoms with E-state index in [2.05, 4.69) is 251 Å². The second kappa shape index (κ2) is 17.2. The van der Waals surface area contributed by atoms with Crippen molar-refractivity contribution in [2.24, 2.45) is 5.92 Å². The summed E-state index contributed by atoms with van der Waals surface area (Å²) in [6.45, 7) is 12.1. The normalized spacial score (nSPS) is 18.3. The van der Waals surface area contributed by atoms with Crippen LogP contribution in [-0.2, 0) is 10.8 Å². The highest BCUT2D eigenvalue weighted by Gasteiger charge is 2.47. The van der Waals surface area contributed by atoms with Crippen molar-refractivity contribution in [1.29, 1.82) is 0 Å². The number of benzene rings is 9. The van der Waals surface area contributed by atoms with Gasteiger partial charge in [-0.1, -0.05) is 187 Å². The molecular weight excluding hydrogens is 980 g/mol. The third-order valence-electron chi connectivity index (χ3n) is 18.9. The molecule has 3 unspecified atom stereocenters. The monoisotopic (exact) mass is 1040 g/mol. The molecule has 0 radical (unpaired) electrons. The number of anilines is 4. The average molecular weight is 1040 g/mol. The van der Waals surface area contributed by atoms with Gasteiger partial charge in [-0.25, -0.2) is 0 Å². The standard InChI is InChI=1S/C73H59BN2S2/c1-6-43-19-17-20-45(34-43)47-37-63-71-66(38-47)76(64(46-31-33-70-55(36-46)51-24-11-16-29-68(51)78-70)27-14-7-18-44-30-32-69-54(35-44)50-23-10-15-28-67(50)77-69)65-42-59-53(49-22-9-13-26-57(49)73(59,4)5)40-61(65)74(71)60-39-52-48-21-8-12-25-56(48)72(2,3)58(52)41-62(60)75-63/h7-18,20-33,35-43,45,64,75H,6,19,34H2,1-5H3/b18-7+,27-14-. The molecular formula is C73H59BN2S2. The van der Waals surface area contributed by atoms with Gasteiger partial charge in [0, 0.05) is 79.8 Å². The Kier molecular flexibility index (Phi) is 10.2. The Morgan fingerprint density at radius 2 is 1.21 bits per heavy atom. The Labute approximate surface area is 466 Å². The van der Waals surface area contributed by atoms with Crippen LogP contribution >= 0.6 is 22.7 Å². The summed E-state index contributed by atoms with van der Waals surface area (Å²) in [6, 6.07) is 65.8. The Bertz CT molecular complexity index is 4460. The average Bonchev–Trinajstić information content (AvgIpc) is 4.12. The lowest BCUT2D eigenvalue weighted by Crippen LogP contribution is -2.61. The van der Waals surface area contributed by atoms with Crippen molar-refractivity contribution < 1.29 is 0 Å². The molecule has 9 aromatic carbocycles. The zero-order valence-electron chi connectivity index (χ0n) is 44.8. The van der Waals surface area contributed by atoms with E-state index in [1.165, 1.54) is 147 Å². The molecule has 0 saturated carbocycles. The Hall–Kier alpha value is -7.70. The maximum Gasteiger partial charge on any atom is 0.252 e. The molecule has 0 saturated heterocycles. The first kappa shape index (κ1) is 46.4. The molecule has 376 valence electrons. The zero-order chi connectivity index (χ0) is 52.2. The lowest BCUT2D eigenvalue weighted by molar-refractivity contribution is 0.437. The van der Waals surface area contributed by atoms with E-state index in [1.54, 1.807) is 0 Å². The van der Waals surface area contributed by atoms with Crippen LogP contribution in [0.2, 0.25) is 0 Å². The van der Waals surface area contributed by atoms with E-state index in [9.17, 15) is 0 Å². The van der Waals surface area contributed by atoms with Crippen LogP contribution in [-0.4, -0.2) is 6.71 Å². The predicted molar refractivity (Wildman–Crippen MR) is 339 cm³/mol. The van der Waals surface area contributed by atoms with Crippen LogP contribution < -0.4 is 26.6 Å². The molecule has 0 fully saturated rings. The smallest absolute Gasteiger partial charge is 0.252 e. The predicted octanol–water partition coefficient (Wildman–Crippen LogP) is 18.5. The highest BCUT2D eigenvalue weighted by molar-refractivity contribution is 7.26. The molecule has 3 aliphatic carbocycles. The molecule has 0 amide bonds. The van der Waals surface area contributed by atoms with Gasteiger partial charge in [-0.05, 0) is 157 Å². The Morgan fingerprint density at radius 3 is 1.92 bits per heavy atom. The van der Waals surface area contributed by atoms with E-state index in [0.717, 1.165) is 12.8 Å². The minimum Gasteiger partial charge on any atom is -0.356 e. The summed E-state index contributed by atoms with van der Waals surface area (Å²) in [5.41, 5.74) is 23.7. The Morgan fingerprint density at radius 1 is 0.577 bits per heavy atom. The number of hydrogen-bond donors (Lipinski definition) is 1. The van der Waals surface area contributed by atoms with Crippen LogP contribution in [0.1, 0.15) is 105 Å². The van der Waals surface area contributed by atoms with Crippen LogP contribution in [0, 0.1) is 5.92 Å². The van der Waals surface area contributed by atoms with Gasteiger partial charge in [-0.2, -0.15) is 0 Å². The van der Waals surface area contributed by atoms with Crippen molar-refractivity contribution in [3.05, 3.63) is 239 Å². The number of fused-ring (bicyclic) bond motifs is 16. The van der Waals surface area contributed by atoms with Gasteiger partial charge in [0.15, 0.2) is 0 Å². The molecule has 3 atom stereocenters. The van der Waals surface area contributed by atoms with Crippen LogP contribution in [0.3, 0.4) is 0 Å². The fourth-order valence-electron chi connectivity index (χ4n) is 14.8. The summed E-state index contributed by atoms with van der Waals surface area (Å²) in [5.74, 6) is 0.984. The Balaban J connectivity index is 0.957. The van der Waals surface area contributed by atoms with Crippen LogP contribution in [0.25, 0.3) is 68.7 Å². The van der Waals surface area contributed by atoms with Gasteiger partial charge in [-0.3, -0.25) is 0 Å². The fraction of sp³-hybridized carbons (Fsp3) is 0.178. The third kappa shape index (κ3) is 6.80. The van der Waals surface area contributed by atoms with Crippen molar-refractivity contribution >= 4 is 115 Å². The minimum atomic E-state index is -0.193. The summed E-state index contributed by atoms with van der Waals surface area (Å²) < 4.78 is 5.31. The number of nitrogens with one attached hydrogen (secondary N) is 1. The van der Waals surface area contributed by atoms with E-state index >= 15 is 0 Å². The molecule has 4 heterocycles. The van der Waals surface area contributed by atoms with Gasteiger partial charge in [0.2, 0.25) is 0 Å². The number of hydrogen-bond acceptors (Lipinski definition) is 4. The molecule has 5 aliphatic rings. The van der Waals surface area contributed by atoms with Gasteiger partial charge in [0.1, 0.15) is 0 Å². The number of allylic oxidation sites excluding steroid dienone is 4. The van der Waals surface area contributed by atoms with E-state index in [4.69, 9.17) is 0 Å². The summed E-state index contributed by atoms with van der Waals surface area (Å²) in [7, 11) is 0. The number of rotatable bonds is 7. The van der Waals surface area contributed by atoms with Crippen molar-refractivity contribution in [2.75, 3.05) is 10.2 Å². The van der Waals surface area contributed by atoms with Gasteiger partial charge in [-0.15, -0.1) is 22.7 Å². The van der Waals surface area contributed by atoms with Gasteiger partial charge >= 0.3 is 0 Å². The molecule has 0 spiro atoms. The summed E-state index contributed by atoms with van der Waals surface area (Å²) in [4.78, 5) is 2.78. The van der Waals surface area contributed by atoms with E-state index in [1.807, 2.05) is 22.7 Å². The summed E-state index contributed by atoms with van der Waals surface area (Å²) >= 11 is 3.77. The molecule has 0 bridgehead atoms. The lowest BCUT2D eigenvalue weighted by atomic mass is 9.33. The van der Waals surface area contributed by atoms with Crippen molar-refractivity contribution in [3.8, 4) is 22.3 Å². The second-order valence-electron chi connectivity index (χ2n) is 23.9. The molecule has 1 N–H and O–H groups in total. The summed E-state index contributed by atoms with van der Waals surface area (Å²) in [6.07, 6.45) is 17.9. The largest absolute Gasteiger partial charge is 0.356 e. The van der Waals surface area contributed by atoms with E-state index in [0.29, 0.717) is 11.8 Å². The molecule has 11 aromatic rings. The third-order valence-corrected chi connectivity index (χ3v) is 21.2. The molecule has 2 aromatic heterocycles. The highest BCUT2D eigenvalue weighted by atomic mass is 32.1. The van der Waals surface area contributed by atoms with E-state index < -0.39 is 0 Å². The zero-order valence-corrected chi connectivity index (χ0v) is 46.5. The highest BCUT2D eigenvalue weighted by Crippen LogP contribution is 2.54. The fourth-order valence-corrected chi connectivity index (χ4v) is 17.0. The first-order valence-electron chi connectivity index (χ1n) is 28.3. The molecule has 78 heavy (non-hydrogen) atoms. The van der Waals surface area contributed by atoms with Crippen LogP contribution in [0.5, 0.6) is 0 Å². The first-order chi connectivity index (χ1) is 38.1.